The van der Waals surface area contributed by atoms with Crippen LogP contribution >= 0.6 is 27.3 Å². The van der Waals surface area contributed by atoms with E-state index in [1.807, 2.05) is 0 Å². The summed E-state index contributed by atoms with van der Waals surface area (Å²) < 4.78 is 1.12. The van der Waals surface area contributed by atoms with Crippen LogP contribution in [0.15, 0.2) is 58.4 Å². The summed E-state index contributed by atoms with van der Waals surface area (Å²) >= 11 is 5.27. The van der Waals surface area contributed by atoms with Crippen molar-refractivity contribution < 1.29 is 0 Å². The van der Waals surface area contributed by atoms with Gasteiger partial charge in [-0.15, -0.1) is 11.3 Å². The van der Waals surface area contributed by atoms with Crippen LogP contribution in [-0.4, -0.2) is 0 Å². The lowest BCUT2D eigenvalue weighted by Crippen LogP contribution is -1.96. The molecule has 0 bridgehead atoms. The predicted octanol–water partition coefficient (Wildman–Crippen LogP) is 5.28. The minimum Gasteiger partial charge on any atom is -0.380 e. The van der Waals surface area contributed by atoms with Gasteiger partial charge in [0.1, 0.15) is 0 Å². The Hall–Kier alpha value is -1.32. The zero-order valence-electron chi connectivity index (χ0n) is 9.69. The van der Waals surface area contributed by atoms with Gasteiger partial charge in [-0.3, -0.25) is 0 Å². The van der Waals surface area contributed by atoms with Crippen molar-refractivity contribution in [3.8, 4) is 0 Å². The van der Waals surface area contributed by atoms with Crippen LogP contribution in [0.2, 0.25) is 0 Å². The maximum atomic E-state index is 3.49. The number of hydrogen-bond acceptors (Lipinski definition) is 2. The van der Waals surface area contributed by atoms with Gasteiger partial charge in [-0.05, 0) is 46.5 Å². The van der Waals surface area contributed by atoms with Crippen LogP contribution in [0.1, 0.15) is 4.88 Å². The summed E-state index contributed by atoms with van der Waals surface area (Å²) in [7, 11) is 0. The molecule has 90 valence electrons. The average Bonchev–Trinajstić information content (AvgIpc) is 2.89. The van der Waals surface area contributed by atoms with Crippen LogP contribution in [0.3, 0.4) is 0 Å². The molecule has 1 heterocycles. The number of benzene rings is 2. The summed E-state index contributed by atoms with van der Waals surface area (Å²) in [4.78, 5) is 1.35. The summed E-state index contributed by atoms with van der Waals surface area (Å²) in [5.41, 5.74) is 1.17. The summed E-state index contributed by atoms with van der Waals surface area (Å²) in [5.74, 6) is 0. The van der Waals surface area contributed by atoms with E-state index in [0.29, 0.717) is 0 Å². The molecular weight excluding hydrogens is 306 g/mol. The van der Waals surface area contributed by atoms with E-state index in [1.165, 1.54) is 21.3 Å². The van der Waals surface area contributed by atoms with E-state index in [2.05, 4.69) is 75.2 Å². The van der Waals surface area contributed by atoms with Crippen LogP contribution in [0.5, 0.6) is 0 Å². The monoisotopic (exact) mass is 317 g/mol. The molecular formula is C15H12BrNS. The summed E-state index contributed by atoms with van der Waals surface area (Å²) in [5, 5.41) is 8.07. The maximum Gasteiger partial charge on any atom is 0.0494 e. The Labute approximate surface area is 119 Å². The molecule has 3 heteroatoms. The first-order valence-corrected chi connectivity index (χ1v) is 7.44. The lowest BCUT2D eigenvalue weighted by Gasteiger charge is -2.06. The second-order valence-electron chi connectivity index (χ2n) is 4.14. The van der Waals surface area contributed by atoms with Crippen LogP contribution < -0.4 is 5.32 Å². The minimum absolute atomic E-state index is 0.889. The van der Waals surface area contributed by atoms with Gasteiger partial charge in [0.2, 0.25) is 0 Å². The smallest absolute Gasteiger partial charge is 0.0494 e. The van der Waals surface area contributed by atoms with E-state index in [-0.39, 0.29) is 0 Å². The van der Waals surface area contributed by atoms with Crippen molar-refractivity contribution in [3.05, 3.63) is 63.3 Å². The van der Waals surface area contributed by atoms with Gasteiger partial charge in [0, 0.05) is 21.6 Å². The Morgan fingerprint density at radius 3 is 2.67 bits per heavy atom. The van der Waals surface area contributed by atoms with Crippen molar-refractivity contribution in [1.82, 2.24) is 0 Å². The molecule has 3 aromatic rings. The molecule has 1 N–H and O–H groups in total. The topological polar surface area (TPSA) is 12.0 Å². The van der Waals surface area contributed by atoms with Gasteiger partial charge < -0.3 is 5.32 Å². The third-order valence-electron chi connectivity index (χ3n) is 2.85. The molecule has 0 saturated heterocycles. The molecule has 0 aliphatic carbocycles. The number of hydrogen-bond donors (Lipinski definition) is 1. The Morgan fingerprint density at radius 2 is 1.83 bits per heavy atom. The fraction of sp³-hybridized carbons (Fsp3) is 0.0667. The number of fused-ring (bicyclic) bond motifs is 1. The van der Waals surface area contributed by atoms with Crippen LogP contribution in [-0.2, 0) is 6.54 Å². The first-order valence-electron chi connectivity index (χ1n) is 5.77. The first-order chi connectivity index (χ1) is 8.81. The van der Waals surface area contributed by atoms with Crippen LogP contribution in [0.4, 0.5) is 5.69 Å². The van der Waals surface area contributed by atoms with Gasteiger partial charge in [-0.25, -0.2) is 0 Å². The number of halogens is 1. The highest BCUT2D eigenvalue weighted by Gasteiger charge is 1.98. The third kappa shape index (κ3) is 2.57. The Balaban J connectivity index is 1.82. The summed E-state index contributed by atoms with van der Waals surface area (Å²) in [6.07, 6.45) is 0. The van der Waals surface area contributed by atoms with Gasteiger partial charge in [0.15, 0.2) is 0 Å². The van der Waals surface area contributed by atoms with Crippen molar-refractivity contribution in [1.29, 1.82) is 0 Å². The number of anilines is 1. The lowest BCUT2D eigenvalue weighted by atomic mass is 10.1. The van der Waals surface area contributed by atoms with E-state index in [1.54, 1.807) is 11.3 Å². The number of rotatable bonds is 3. The molecule has 0 unspecified atom stereocenters. The van der Waals surface area contributed by atoms with E-state index in [0.717, 1.165) is 11.0 Å². The van der Waals surface area contributed by atoms with Gasteiger partial charge in [-0.2, -0.15) is 0 Å². The highest BCUT2D eigenvalue weighted by atomic mass is 79.9. The van der Waals surface area contributed by atoms with Crippen molar-refractivity contribution in [2.75, 3.05) is 5.32 Å². The molecule has 0 spiro atoms. The Bertz CT molecular complexity index is 661. The Morgan fingerprint density at radius 1 is 1.00 bits per heavy atom. The molecule has 2 aromatic carbocycles. The van der Waals surface area contributed by atoms with E-state index in [4.69, 9.17) is 0 Å². The van der Waals surface area contributed by atoms with Crippen molar-refractivity contribution >= 4 is 43.7 Å². The molecule has 3 rings (SSSR count). The largest absolute Gasteiger partial charge is 0.380 e. The van der Waals surface area contributed by atoms with Gasteiger partial charge in [-0.1, -0.05) is 34.1 Å². The normalized spacial score (nSPS) is 10.7. The third-order valence-corrected chi connectivity index (χ3v) is 4.22. The number of thiophene rings is 1. The average molecular weight is 318 g/mol. The van der Waals surface area contributed by atoms with Gasteiger partial charge >= 0.3 is 0 Å². The maximum absolute atomic E-state index is 3.49. The highest BCUT2D eigenvalue weighted by molar-refractivity contribution is 9.10. The number of nitrogens with one attached hydrogen (secondary N) is 1. The van der Waals surface area contributed by atoms with E-state index < -0.39 is 0 Å². The molecule has 1 aromatic heterocycles. The van der Waals surface area contributed by atoms with Crippen molar-refractivity contribution in [3.63, 3.8) is 0 Å². The fourth-order valence-corrected chi connectivity index (χ4v) is 2.95. The molecule has 18 heavy (non-hydrogen) atoms. The molecule has 0 amide bonds. The molecule has 0 atom stereocenters. The van der Waals surface area contributed by atoms with Crippen molar-refractivity contribution in [2.45, 2.75) is 6.54 Å². The standard InChI is InChI=1S/C15H12BrNS/c16-13-5-3-12-9-14(6-4-11(12)8-13)17-10-15-2-1-7-18-15/h1-9,17H,10H2. The lowest BCUT2D eigenvalue weighted by molar-refractivity contribution is 1.20. The quantitative estimate of drug-likeness (QED) is 0.693. The zero-order valence-corrected chi connectivity index (χ0v) is 12.1. The molecule has 1 nitrogen and oxygen atoms in total. The summed E-state index contributed by atoms with van der Waals surface area (Å²) in [6, 6.07) is 17.0. The van der Waals surface area contributed by atoms with Gasteiger partial charge in [0.25, 0.3) is 0 Å². The molecule has 0 aliphatic heterocycles. The SMILES string of the molecule is Brc1ccc2cc(NCc3cccs3)ccc2c1. The first kappa shape index (κ1) is 11.8. The second-order valence-corrected chi connectivity index (χ2v) is 6.09. The molecule has 0 radical (unpaired) electrons. The summed E-state index contributed by atoms with van der Waals surface area (Å²) in [6.45, 7) is 0.889. The molecule has 0 fully saturated rings. The fourth-order valence-electron chi connectivity index (χ4n) is 1.93. The minimum atomic E-state index is 0.889. The second kappa shape index (κ2) is 5.12. The predicted molar refractivity (Wildman–Crippen MR) is 83.3 cm³/mol. The van der Waals surface area contributed by atoms with Crippen LogP contribution in [0, 0.1) is 0 Å². The van der Waals surface area contributed by atoms with E-state index in [9.17, 15) is 0 Å². The van der Waals surface area contributed by atoms with Gasteiger partial charge in [0.05, 0.1) is 0 Å². The highest BCUT2D eigenvalue weighted by Crippen LogP contribution is 2.23. The van der Waals surface area contributed by atoms with Crippen molar-refractivity contribution in [2.24, 2.45) is 0 Å². The van der Waals surface area contributed by atoms with E-state index >= 15 is 0 Å². The molecule has 0 aliphatic rings. The molecule has 0 saturated carbocycles. The zero-order chi connectivity index (χ0) is 12.4. The van der Waals surface area contributed by atoms with Crippen LogP contribution in [0.25, 0.3) is 10.8 Å². The Kier molecular flexibility index (Phi) is 3.35.